The Morgan fingerprint density at radius 3 is 1.11 bits per heavy atom. The largest absolute Gasteiger partial charge is 0.330 e. The molecule has 0 unspecified atom stereocenters. The number of rotatable bonds is 40. The summed E-state index contributed by atoms with van der Waals surface area (Å²) in [6, 6.07) is 0. The highest BCUT2D eigenvalue weighted by molar-refractivity contribution is 7.89. The van der Waals surface area contributed by atoms with Crippen LogP contribution in [0.1, 0.15) is 136 Å². The fourth-order valence-electron chi connectivity index (χ4n) is 5.55. The van der Waals surface area contributed by atoms with Crippen LogP contribution < -0.4 is 31.1 Å². The molecule has 0 aromatic rings. The molecule has 18 heteroatoms. The lowest BCUT2D eigenvalue weighted by molar-refractivity contribution is 0.263. The van der Waals surface area contributed by atoms with Crippen molar-refractivity contribution in [2.75, 3.05) is 90.0 Å². The van der Waals surface area contributed by atoms with Gasteiger partial charge in [0.25, 0.3) is 0 Å². The maximum absolute atomic E-state index is 12.4. The third-order valence-electron chi connectivity index (χ3n) is 8.53. The Balaban J connectivity index is -0.00000110. The first kappa shape index (κ1) is 65.9. The first-order valence-corrected chi connectivity index (χ1v) is 23.1. The molecule has 0 radical (unpaired) electrons. The van der Waals surface area contributed by atoms with Gasteiger partial charge in [-0.2, -0.15) is 0 Å². The molecule has 0 amide bonds. The third kappa shape index (κ3) is 51.1. The molecule has 0 aliphatic heterocycles. The fourth-order valence-corrected chi connectivity index (χ4v) is 7.92. The highest BCUT2D eigenvalue weighted by atomic mass is 35.5. The molecule has 53 heavy (non-hydrogen) atoms. The molecule has 0 heterocycles. The number of halogens is 5. The summed E-state index contributed by atoms with van der Waals surface area (Å²) in [6.45, 7) is 14.5. The van der Waals surface area contributed by atoms with Crippen LogP contribution in [0.25, 0.3) is 0 Å². The second-order valence-corrected chi connectivity index (χ2v) is 17.2. The maximum atomic E-state index is 12.4. The summed E-state index contributed by atoms with van der Waals surface area (Å²) in [5.41, 5.74) is 5.51. The lowest BCUT2D eigenvalue weighted by Gasteiger charge is -2.22. The van der Waals surface area contributed by atoms with Gasteiger partial charge in [0.05, 0.1) is 11.5 Å². The van der Waals surface area contributed by atoms with Crippen LogP contribution in [0.15, 0.2) is 0 Å². The minimum absolute atomic E-state index is 0. The van der Waals surface area contributed by atoms with E-state index >= 15 is 0 Å². The fraction of sp³-hybridized carbons (Fsp3) is 1.00. The smallest absolute Gasteiger partial charge is 0.211 e. The highest BCUT2D eigenvalue weighted by Gasteiger charge is 2.12. The number of sulfonamides is 2. The van der Waals surface area contributed by atoms with Gasteiger partial charge in [-0.25, -0.2) is 26.3 Å². The van der Waals surface area contributed by atoms with E-state index in [1.165, 1.54) is 51.4 Å². The van der Waals surface area contributed by atoms with E-state index in [2.05, 4.69) is 44.1 Å². The van der Waals surface area contributed by atoms with Gasteiger partial charge in [-0.15, -0.1) is 62.0 Å². The summed E-state index contributed by atoms with van der Waals surface area (Å²) in [6.07, 6.45) is 19.7. The molecule has 0 rings (SSSR count). The van der Waals surface area contributed by atoms with Crippen molar-refractivity contribution in [2.45, 2.75) is 136 Å². The van der Waals surface area contributed by atoms with Crippen molar-refractivity contribution >= 4 is 82.1 Å². The summed E-state index contributed by atoms with van der Waals surface area (Å²) in [4.78, 5) is 2.35. The third-order valence-corrected chi connectivity index (χ3v) is 11.5. The van der Waals surface area contributed by atoms with Crippen molar-refractivity contribution in [3.63, 3.8) is 0 Å². The number of nitrogens with one attached hydrogen (secondary N) is 5. The molecule has 11 nitrogen and oxygen atoms in total. The van der Waals surface area contributed by atoms with Crippen molar-refractivity contribution < 1.29 is 16.8 Å². The Kier molecular flexibility index (Phi) is 61.2. The number of hydrogen-bond acceptors (Lipinski definition) is 9. The number of unbranched alkanes of at least 4 members (excludes halogenated alkanes) is 11. The molecule has 7 N–H and O–H groups in total. The second kappa shape index (κ2) is 49.2. The van der Waals surface area contributed by atoms with Crippen LogP contribution in [-0.2, 0) is 20.0 Å². The Bertz CT molecular complexity index is 850. The predicted octanol–water partition coefficient (Wildman–Crippen LogP) is 6.42. The van der Waals surface area contributed by atoms with Crippen molar-refractivity contribution in [3.8, 4) is 0 Å². The highest BCUT2D eigenvalue weighted by Crippen LogP contribution is 2.07. The average molecular weight is 909 g/mol. The predicted molar refractivity (Wildman–Crippen MR) is 243 cm³/mol. The summed E-state index contributed by atoms with van der Waals surface area (Å²) in [5.74, 6) is 0.409. The van der Waals surface area contributed by atoms with Gasteiger partial charge in [-0.05, 0) is 123 Å². The van der Waals surface area contributed by atoms with Crippen LogP contribution in [-0.4, -0.2) is 112 Å². The molecule has 0 saturated heterocycles. The summed E-state index contributed by atoms with van der Waals surface area (Å²) in [5, 5.41) is 10.5. The maximum Gasteiger partial charge on any atom is 0.211 e. The van der Waals surface area contributed by atoms with E-state index in [1.54, 1.807) is 0 Å². The lowest BCUT2D eigenvalue weighted by atomic mass is 10.1. The van der Waals surface area contributed by atoms with Gasteiger partial charge in [0, 0.05) is 13.1 Å². The number of nitrogens with two attached hydrogens (primary N) is 1. The monoisotopic (exact) mass is 905 g/mol. The molecule has 0 aromatic carbocycles. The van der Waals surface area contributed by atoms with E-state index in [9.17, 15) is 16.8 Å². The quantitative estimate of drug-likeness (QED) is 0.0383. The van der Waals surface area contributed by atoms with Crippen LogP contribution in [0, 0.1) is 0 Å². The molecule has 0 aliphatic rings. The van der Waals surface area contributed by atoms with Gasteiger partial charge in [0.2, 0.25) is 20.0 Å². The Labute approximate surface area is 358 Å². The van der Waals surface area contributed by atoms with E-state index in [-0.39, 0.29) is 73.5 Å². The molecule has 0 fully saturated rings. The minimum Gasteiger partial charge on any atom is -0.330 e. The standard InChI is InChI=1S/C35H79N7O4S2.5ClH/c1-3-5-7-9-11-15-34-47(43,44)40-29-20-32-42(33-21-30-41-48(45,46)35-16-12-10-8-6-4-2)31-19-28-39-27-18-26-38-24-14-13-23-37-25-17-22-36;;;;;/h37-41H,3-36H2,1-2H3;5*1H. The first-order chi connectivity index (χ1) is 23.3. The zero-order valence-electron chi connectivity index (χ0n) is 33.3. The molecule has 0 aliphatic carbocycles. The van der Waals surface area contributed by atoms with Crippen molar-refractivity contribution in [1.29, 1.82) is 0 Å². The van der Waals surface area contributed by atoms with Crippen LogP contribution in [0.4, 0.5) is 0 Å². The second-order valence-electron chi connectivity index (χ2n) is 13.3. The van der Waals surface area contributed by atoms with Gasteiger partial charge >= 0.3 is 0 Å². The zero-order chi connectivity index (χ0) is 35.4. The van der Waals surface area contributed by atoms with Gasteiger partial charge < -0.3 is 26.6 Å². The molecule has 0 saturated carbocycles. The first-order valence-electron chi connectivity index (χ1n) is 19.8. The van der Waals surface area contributed by atoms with Crippen molar-refractivity contribution in [3.05, 3.63) is 0 Å². The lowest BCUT2D eigenvalue weighted by Crippen LogP contribution is -2.35. The van der Waals surface area contributed by atoms with E-state index in [0.717, 1.165) is 136 Å². The van der Waals surface area contributed by atoms with Crippen molar-refractivity contribution in [1.82, 2.24) is 30.3 Å². The minimum atomic E-state index is -3.23. The van der Waals surface area contributed by atoms with Gasteiger partial charge in [-0.1, -0.05) is 78.1 Å². The van der Waals surface area contributed by atoms with Gasteiger partial charge in [0.15, 0.2) is 0 Å². The van der Waals surface area contributed by atoms with Gasteiger partial charge in [-0.3, -0.25) is 0 Å². The zero-order valence-corrected chi connectivity index (χ0v) is 39.1. The average Bonchev–Trinajstić information content (AvgIpc) is 3.06. The molecular weight excluding hydrogens is 824 g/mol. The SMILES string of the molecule is CCCCCCCCS(=O)(=O)NCCCN(CCCNCCCNCCCCNCCCN)CCCNS(=O)(=O)CCCCCCCC.Cl.Cl.Cl.Cl.Cl. The Morgan fingerprint density at radius 1 is 0.396 bits per heavy atom. The van der Waals surface area contributed by atoms with E-state index in [0.29, 0.717) is 13.1 Å². The van der Waals surface area contributed by atoms with Crippen LogP contribution in [0.2, 0.25) is 0 Å². The van der Waals surface area contributed by atoms with Crippen molar-refractivity contribution in [2.24, 2.45) is 5.73 Å². The number of nitrogens with zero attached hydrogens (tertiary/aromatic N) is 1. The normalized spacial score (nSPS) is 11.2. The van der Waals surface area contributed by atoms with Crippen LogP contribution in [0.5, 0.6) is 0 Å². The van der Waals surface area contributed by atoms with E-state index < -0.39 is 20.0 Å². The van der Waals surface area contributed by atoms with Crippen LogP contribution >= 0.6 is 62.0 Å². The summed E-state index contributed by atoms with van der Waals surface area (Å²) in [7, 11) is -6.47. The number of hydrogen-bond donors (Lipinski definition) is 6. The summed E-state index contributed by atoms with van der Waals surface area (Å²) >= 11 is 0. The van der Waals surface area contributed by atoms with E-state index in [4.69, 9.17) is 5.73 Å². The topological polar surface area (TPSA) is 158 Å². The molecule has 330 valence electrons. The van der Waals surface area contributed by atoms with E-state index in [1.807, 2.05) is 0 Å². The molecule has 0 aromatic heterocycles. The van der Waals surface area contributed by atoms with Crippen LogP contribution in [0.3, 0.4) is 0 Å². The Hall–Kier alpha value is 1.07. The summed E-state index contributed by atoms with van der Waals surface area (Å²) < 4.78 is 55.3. The molecule has 0 atom stereocenters. The molecular formula is C35H84Cl5N7O4S2. The Morgan fingerprint density at radius 2 is 0.717 bits per heavy atom. The molecule has 0 spiro atoms. The van der Waals surface area contributed by atoms with Gasteiger partial charge in [0.1, 0.15) is 0 Å². The molecule has 0 bridgehead atoms.